The minimum atomic E-state index is -1.26. The summed E-state index contributed by atoms with van der Waals surface area (Å²) in [5.41, 5.74) is 2.78. The molecule has 0 bridgehead atoms. The Morgan fingerprint density at radius 2 is 1.53 bits per heavy atom. The van der Waals surface area contributed by atoms with E-state index in [1.165, 1.54) is 11.6 Å². The van der Waals surface area contributed by atoms with Crippen LogP contribution in [0.1, 0.15) is 5.56 Å². The maximum Gasteiger partial charge on any atom is 0.328 e. The molecule has 0 spiro atoms. The van der Waals surface area contributed by atoms with Crippen molar-refractivity contribution in [2.24, 2.45) is 0 Å². The number of rotatable bonds is 6. The summed E-state index contributed by atoms with van der Waals surface area (Å²) in [5.74, 6) is -1.89. The predicted molar refractivity (Wildman–Crippen MR) is 126 cm³/mol. The van der Waals surface area contributed by atoms with E-state index in [2.05, 4.69) is 31.9 Å². The first-order chi connectivity index (χ1) is 16.4. The molecule has 2 aromatic carbocycles. The second-order valence-electron chi connectivity index (χ2n) is 7.50. The van der Waals surface area contributed by atoms with Gasteiger partial charge in [-0.25, -0.2) is 23.9 Å². The molecule has 1 fully saturated rings. The van der Waals surface area contributed by atoms with Crippen LogP contribution in [0.3, 0.4) is 0 Å². The number of carboxylic acid groups (broad SMARTS) is 2. The van der Waals surface area contributed by atoms with Gasteiger partial charge in [-0.05, 0) is 29.3 Å². The second kappa shape index (κ2) is 12.2. The van der Waals surface area contributed by atoms with E-state index in [9.17, 15) is 14.0 Å². The van der Waals surface area contributed by atoms with Crippen LogP contribution in [0.4, 0.5) is 10.3 Å². The Balaban J connectivity index is 0.000000350. The fourth-order valence-corrected chi connectivity index (χ4v) is 3.49. The van der Waals surface area contributed by atoms with E-state index in [4.69, 9.17) is 10.2 Å². The van der Waals surface area contributed by atoms with Crippen molar-refractivity contribution in [1.82, 2.24) is 14.9 Å². The minimum absolute atomic E-state index is 0.180. The maximum atomic E-state index is 14.0. The van der Waals surface area contributed by atoms with E-state index >= 15 is 0 Å². The number of hydrogen-bond acceptors (Lipinski definition) is 6. The quantitative estimate of drug-likeness (QED) is 0.535. The third kappa shape index (κ3) is 7.49. The first kappa shape index (κ1) is 24.5. The number of carbonyl (C=O) groups is 2. The molecule has 1 aromatic heterocycles. The molecule has 3 aromatic rings. The molecule has 2 N–H and O–H groups in total. The average molecular weight is 464 g/mol. The summed E-state index contributed by atoms with van der Waals surface area (Å²) in [4.78, 5) is 32.4. The predicted octanol–water partition coefficient (Wildman–Crippen LogP) is 3.32. The summed E-state index contributed by atoms with van der Waals surface area (Å²) in [6.07, 6.45) is 4.68. The zero-order valence-corrected chi connectivity index (χ0v) is 18.4. The molecule has 0 unspecified atom stereocenters. The molecule has 4 rings (SSSR count). The SMILES string of the molecule is Fc1ccccc1-c1cccc(CN2CCN(c3ncccn3)CC2)c1.O=C(O)C=CC(=O)O. The van der Waals surface area contributed by atoms with Gasteiger partial charge in [-0.2, -0.15) is 0 Å². The van der Waals surface area contributed by atoms with Gasteiger partial charge in [0.25, 0.3) is 0 Å². The van der Waals surface area contributed by atoms with Crippen molar-refractivity contribution in [3.05, 3.63) is 90.5 Å². The van der Waals surface area contributed by atoms with E-state index in [1.54, 1.807) is 18.5 Å². The van der Waals surface area contributed by atoms with Gasteiger partial charge in [0.15, 0.2) is 0 Å². The molecule has 2 heterocycles. The van der Waals surface area contributed by atoms with Crippen molar-refractivity contribution in [1.29, 1.82) is 0 Å². The lowest BCUT2D eigenvalue weighted by Gasteiger charge is -2.34. The van der Waals surface area contributed by atoms with Gasteiger partial charge < -0.3 is 15.1 Å². The number of aromatic nitrogens is 2. The van der Waals surface area contributed by atoms with Gasteiger partial charge in [-0.3, -0.25) is 4.90 Å². The zero-order valence-electron chi connectivity index (χ0n) is 18.4. The van der Waals surface area contributed by atoms with E-state index in [1.807, 2.05) is 30.3 Å². The summed E-state index contributed by atoms with van der Waals surface area (Å²) >= 11 is 0. The van der Waals surface area contributed by atoms with Crippen LogP contribution in [-0.2, 0) is 16.1 Å². The zero-order chi connectivity index (χ0) is 24.3. The van der Waals surface area contributed by atoms with Gasteiger partial charge >= 0.3 is 11.9 Å². The van der Waals surface area contributed by atoms with E-state index in [-0.39, 0.29) is 5.82 Å². The number of aliphatic carboxylic acids is 2. The molecule has 0 atom stereocenters. The minimum Gasteiger partial charge on any atom is -0.478 e. The van der Waals surface area contributed by atoms with Gasteiger partial charge in [-0.1, -0.05) is 36.4 Å². The van der Waals surface area contributed by atoms with E-state index in [0.29, 0.717) is 17.7 Å². The lowest BCUT2D eigenvalue weighted by molar-refractivity contribution is -0.134. The third-order valence-corrected chi connectivity index (χ3v) is 5.09. The summed E-state index contributed by atoms with van der Waals surface area (Å²) in [6.45, 7) is 4.62. The van der Waals surface area contributed by atoms with Crippen LogP contribution in [0.15, 0.2) is 79.1 Å². The van der Waals surface area contributed by atoms with Gasteiger partial charge in [0.1, 0.15) is 5.82 Å². The fourth-order valence-electron chi connectivity index (χ4n) is 3.49. The molecule has 0 saturated carbocycles. The van der Waals surface area contributed by atoms with Gasteiger partial charge in [-0.15, -0.1) is 0 Å². The first-order valence-electron chi connectivity index (χ1n) is 10.6. The highest BCUT2D eigenvalue weighted by atomic mass is 19.1. The Kier molecular flexibility index (Phi) is 8.81. The molecule has 34 heavy (non-hydrogen) atoms. The summed E-state index contributed by atoms with van der Waals surface area (Å²) in [6, 6.07) is 16.9. The number of piperazine rings is 1. The Bertz CT molecular complexity index is 1120. The molecule has 1 aliphatic heterocycles. The molecule has 9 heteroatoms. The smallest absolute Gasteiger partial charge is 0.328 e. The number of nitrogens with zero attached hydrogens (tertiary/aromatic N) is 4. The second-order valence-corrected chi connectivity index (χ2v) is 7.50. The van der Waals surface area contributed by atoms with E-state index in [0.717, 1.165) is 44.2 Å². The number of anilines is 1. The monoisotopic (exact) mass is 464 g/mol. The van der Waals surface area contributed by atoms with Gasteiger partial charge in [0, 0.05) is 62.8 Å². The Hall–Kier alpha value is -4.11. The molecule has 8 nitrogen and oxygen atoms in total. The van der Waals surface area contributed by atoms with Crippen molar-refractivity contribution in [2.75, 3.05) is 31.1 Å². The van der Waals surface area contributed by atoms with Crippen LogP contribution < -0.4 is 4.90 Å². The molecule has 0 amide bonds. The number of halogens is 1. The summed E-state index contributed by atoms with van der Waals surface area (Å²) in [5, 5.41) is 15.6. The number of hydrogen-bond donors (Lipinski definition) is 2. The lowest BCUT2D eigenvalue weighted by Crippen LogP contribution is -2.46. The van der Waals surface area contributed by atoms with Gasteiger partial charge in [0.05, 0.1) is 0 Å². The number of benzene rings is 2. The third-order valence-electron chi connectivity index (χ3n) is 5.09. The summed E-state index contributed by atoms with van der Waals surface area (Å²) in [7, 11) is 0. The normalized spacial score (nSPS) is 13.9. The molecular formula is C25H25FN4O4. The van der Waals surface area contributed by atoms with Crippen LogP contribution in [0.2, 0.25) is 0 Å². The maximum absolute atomic E-state index is 14.0. The summed E-state index contributed by atoms with van der Waals surface area (Å²) < 4.78 is 14.0. The molecule has 0 radical (unpaired) electrons. The molecule has 1 saturated heterocycles. The standard InChI is InChI=1S/C21H21FN4.C4H4O4/c22-20-8-2-1-7-19(20)18-6-3-5-17(15-18)16-25-11-13-26(14-12-25)21-23-9-4-10-24-21;5-3(6)1-2-4(7)8/h1-10,15H,11-14,16H2;1-2H,(H,5,6)(H,7,8). The molecule has 176 valence electrons. The highest BCUT2D eigenvalue weighted by Gasteiger charge is 2.19. The Morgan fingerprint density at radius 1 is 0.882 bits per heavy atom. The fraction of sp³-hybridized carbons (Fsp3) is 0.200. The van der Waals surface area contributed by atoms with Crippen molar-refractivity contribution in [2.45, 2.75) is 6.54 Å². The Morgan fingerprint density at radius 3 is 2.15 bits per heavy atom. The molecular weight excluding hydrogens is 439 g/mol. The van der Waals surface area contributed by atoms with Gasteiger partial charge in [0.2, 0.25) is 5.95 Å². The van der Waals surface area contributed by atoms with Crippen LogP contribution in [-0.4, -0.2) is 63.2 Å². The largest absolute Gasteiger partial charge is 0.478 e. The van der Waals surface area contributed by atoms with E-state index < -0.39 is 11.9 Å². The van der Waals surface area contributed by atoms with Crippen molar-refractivity contribution in [3.63, 3.8) is 0 Å². The van der Waals surface area contributed by atoms with Crippen molar-refractivity contribution < 1.29 is 24.2 Å². The highest BCUT2D eigenvalue weighted by Crippen LogP contribution is 2.24. The molecule has 1 aliphatic rings. The topological polar surface area (TPSA) is 107 Å². The van der Waals surface area contributed by atoms with Crippen LogP contribution in [0, 0.1) is 5.82 Å². The van der Waals surface area contributed by atoms with Crippen LogP contribution in [0.5, 0.6) is 0 Å². The van der Waals surface area contributed by atoms with Crippen LogP contribution in [0.25, 0.3) is 11.1 Å². The average Bonchev–Trinajstić information content (AvgIpc) is 2.85. The Labute approximate surface area is 196 Å². The number of carboxylic acids is 2. The highest BCUT2D eigenvalue weighted by molar-refractivity contribution is 5.89. The van der Waals surface area contributed by atoms with Crippen molar-refractivity contribution >= 4 is 17.9 Å². The molecule has 0 aliphatic carbocycles. The van der Waals surface area contributed by atoms with Crippen molar-refractivity contribution in [3.8, 4) is 11.1 Å². The lowest BCUT2D eigenvalue weighted by atomic mass is 10.0. The first-order valence-corrected chi connectivity index (χ1v) is 10.6. The van der Waals surface area contributed by atoms with Crippen LogP contribution >= 0.6 is 0 Å².